The van der Waals surface area contributed by atoms with E-state index in [1.54, 1.807) is 0 Å². The molecule has 1 aliphatic rings. The topological polar surface area (TPSA) is 61.6 Å². The van der Waals surface area contributed by atoms with Gasteiger partial charge in [-0.15, -0.1) is 0 Å². The lowest BCUT2D eigenvalue weighted by molar-refractivity contribution is 0.0766. The summed E-state index contributed by atoms with van der Waals surface area (Å²) in [5, 5.41) is 0. The second-order valence-electron chi connectivity index (χ2n) is 6.09. The molecule has 2 aromatic rings. The van der Waals surface area contributed by atoms with Gasteiger partial charge in [0.25, 0.3) is 0 Å². The fraction of sp³-hybridized carbons (Fsp3) is 0.316. The summed E-state index contributed by atoms with van der Waals surface area (Å²) in [6, 6.07) is 14.5. The predicted octanol–water partition coefficient (Wildman–Crippen LogP) is 4.40. The summed E-state index contributed by atoms with van der Waals surface area (Å²) in [6.45, 7) is 4.88. The van der Waals surface area contributed by atoms with E-state index in [4.69, 9.17) is 15.2 Å². The first kappa shape index (κ1) is 15.4. The average Bonchev–Trinajstić information content (AvgIpc) is 2.54. The molecular formula is C19H21NO3. The van der Waals surface area contributed by atoms with Crippen molar-refractivity contribution in [3.05, 3.63) is 53.6 Å². The maximum Gasteiger partial charge on any atom is 0.405 e. The van der Waals surface area contributed by atoms with Gasteiger partial charge in [-0.2, -0.15) is 0 Å². The highest BCUT2D eigenvalue weighted by Gasteiger charge is 2.24. The monoisotopic (exact) mass is 311 g/mol. The molecule has 0 spiro atoms. The highest BCUT2D eigenvalue weighted by Crippen LogP contribution is 2.37. The average molecular weight is 311 g/mol. The second-order valence-corrected chi connectivity index (χ2v) is 6.09. The van der Waals surface area contributed by atoms with Gasteiger partial charge < -0.3 is 15.2 Å². The van der Waals surface area contributed by atoms with E-state index >= 15 is 0 Å². The minimum absolute atomic E-state index is 0.325. The molecule has 23 heavy (non-hydrogen) atoms. The zero-order valence-corrected chi connectivity index (χ0v) is 13.4. The van der Waals surface area contributed by atoms with Crippen molar-refractivity contribution in [1.82, 2.24) is 0 Å². The Morgan fingerprint density at radius 2 is 1.87 bits per heavy atom. The molecule has 4 nitrogen and oxygen atoms in total. The van der Waals surface area contributed by atoms with Gasteiger partial charge >= 0.3 is 6.09 Å². The van der Waals surface area contributed by atoms with Gasteiger partial charge in [0.2, 0.25) is 0 Å². The zero-order chi connectivity index (χ0) is 16.4. The fourth-order valence-corrected chi connectivity index (χ4v) is 2.86. The van der Waals surface area contributed by atoms with Crippen LogP contribution in [0.3, 0.4) is 0 Å². The summed E-state index contributed by atoms with van der Waals surface area (Å²) in [4.78, 5) is 11.0. The van der Waals surface area contributed by atoms with E-state index in [1.165, 1.54) is 5.56 Å². The Morgan fingerprint density at radius 3 is 2.52 bits per heavy atom. The molecule has 2 aromatic carbocycles. The number of ether oxygens (including phenoxy) is 2. The Hall–Kier alpha value is -2.49. The van der Waals surface area contributed by atoms with Crippen molar-refractivity contribution in [3.8, 4) is 16.9 Å². The van der Waals surface area contributed by atoms with E-state index in [1.807, 2.05) is 18.2 Å². The summed E-state index contributed by atoms with van der Waals surface area (Å²) < 4.78 is 10.9. The molecule has 0 saturated heterocycles. The largest absolute Gasteiger partial charge is 0.493 e. The van der Waals surface area contributed by atoms with Gasteiger partial charge in [-0.25, -0.2) is 4.79 Å². The molecule has 1 heterocycles. The molecule has 0 aromatic heterocycles. The van der Waals surface area contributed by atoms with Crippen LogP contribution in [0.5, 0.6) is 5.75 Å². The quantitative estimate of drug-likeness (QED) is 0.914. The maximum atomic E-state index is 11.0. The van der Waals surface area contributed by atoms with E-state index in [9.17, 15) is 4.79 Å². The smallest absolute Gasteiger partial charge is 0.405 e. The Labute approximate surface area is 136 Å². The number of hydrogen-bond donors (Lipinski definition) is 1. The van der Waals surface area contributed by atoms with Crippen LogP contribution < -0.4 is 10.5 Å². The van der Waals surface area contributed by atoms with Crippen LogP contribution >= 0.6 is 0 Å². The number of carbonyl (C=O) groups excluding carboxylic acids is 1. The second kappa shape index (κ2) is 6.32. The summed E-state index contributed by atoms with van der Waals surface area (Å²) in [5.41, 5.74) is 9.55. The first-order valence-electron chi connectivity index (χ1n) is 7.88. The number of amides is 1. The third kappa shape index (κ3) is 3.31. The molecule has 1 aliphatic heterocycles. The molecule has 4 heteroatoms. The minimum atomic E-state index is -0.754. The fourth-order valence-electron chi connectivity index (χ4n) is 2.86. The van der Waals surface area contributed by atoms with E-state index in [0.717, 1.165) is 22.4 Å². The van der Waals surface area contributed by atoms with Crippen LogP contribution in [0.25, 0.3) is 11.1 Å². The van der Waals surface area contributed by atoms with Crippen molar-refractivity contribution in [2.24, 2.45) is 5.73 Å². The van der Waals surface area contributed by atoms with Crippen LogP contribution in [0.1, 0.15) is 43.4 Å². The molecular weight excluding hydrogens is 290 g/mol. The number of benzene rings is 2. The molecule has 3 rings (SSSR count). The number of hydrogen-bond acceptors (Lipinski definition) is 3. The maximum absolute atomic E-state index is 11.0. The van der Waals surface area contributed by atoms with Gasteiger partial charge in [0, 0.05) is 12.0 Å². The highest BCUT2D eigenvalue weighted by atomic mass is 16.6. The third-order valence-corrected chi connectivity index (χ3v) is 4.17. The van der Waals surface area contributed by atoms with Gasteiger partial charge in [0.05, 0.1) is 6.61 Å². The van der Waals surface area contributed by atoms with Crippen molar-refractivity contribution < 1.29 is 14.3 Å². The molecule has 2 N–H and O–H groups in total. The standard InChI is InChI=1S/C19H21NO3/c1-12(2)13-3-5-14(6-4-13)15-7-8-16-17(23-19(20)21)9-10-22-18(16)11-15/h3-8,11-12,17H,9-10H2,1-2H3,(H2,20,21). The first-order valence-corrected chi connectivity index (χ1v) is 7.88. The highest BCUT2D eigenvalue weighted by molar-refractivity contribution is 5.68. The van der Waals surface area contributed by atoms with Crippen LogP contribution in [0.15, 0.2) is 42.5 Å². The van der Waals surface area contributed by atoms with Gasteiger partial charge in [-0.1, -0.05) is 50.2 Å². The molecule has 120 valence electrons. The van der Waals surface area contributed by atoms with Crippen LogP contribution in [-0.2, 0) is 4.74 Å². The number of primary amides is 1. The summed E-state index contributed by atoms with van der Waals surface area (Å²) in [6.07, 6.45) is -0.455. The molecule has 0 aliphatic carbocycles. The molecule has 0 fully saturated rings. The Balaban J connectivity index is 1.89. The summed E-state index contributed by atoms with van der Waals surface area (Å²) >= 11 is 0. The first-order chi connectivity index (χ1) is 11.0. The van der Waals surface area contributed by atoms with Crippen molar-refractivity contribution in [3.63, 3.8) is 0 Å². The predicted molar refractivity (Wildman–Crippen MR) is 89.5 cm³/mol. The Bertz CT molecular complexity index is 707. The summed E-state index contributed by atoms with van der Waals surface area (Å²) in [7, 11) is 0. The Morgan fingerprint density at radius 1 is 1.17 bits per heavy atom. The van der Waals surface area contributed by atoms with E-state index in [0.29, 0.717) is 18.9 Å². The van der Waals surface area contributed by atoms with E-state index in [2.05, 4.69) is 38.1 Å². The Kier molecular flexibility index (Phi) is 4.24. The summed E-state index contributed by atoms with van der Waals surface area (Å²) in [5.74, 6) is 1.27. The zero-order valence-electron chi connectivity index (χ0n) is 13.4. The third-order valence-electron chi connectivity index (χ3n) is 4.17. The van der Waals surface area contributed by atoms with E-state index in [-0.39, 0.29) is 6.10 Å². The van der Waals surface area contributed by atoms with Gasteiger partial charge in [-0.05, 0) is 28.7 Å². The molecule has 0 saturated carbocycles. The van der Waals surface area contributed by atoms with Gasteiger partial charge in [-0.3, -0.25) is 0 Å². The van der Waals surface area contributed by atoms with Crippen molar-refractivity contribution >= 4 is 6.09 Å². The van der Waals surface area contributed by atoms with Crippen LogP contribution in [0.2, 0.25) is 0 Å². The van der Waals surface area contributed by atoms with Crippen molar-refractivity contribution in [2.45, 2.75) is 32.3 Å². The van der Waals surface area contributed by atoms with E-state index < -0.39 is 6.09 Å². The van der Waals surface area contributed by atoms with Crippen LogP contribution in [0.4, 0.5) is 4.79 Å². The number of rotatable bonds is 3. The number of nitrogens with two attached hydrogens (primary N) is 1. The number of fused-ring (bicyclic) bond motifs is 1. The normalized spacial score (nSPS) is 16.6. The van der Waals surface area contributed by atoms with Crippen LogP contribution in [-0.4, -0.2) is 12.7 Å². The molecule has 1 atom stereocenters. The van der Waals surface area contributed by atoms with Gasteiger partial charge in [0.15, 0.2) is 0 Å². The minimum Gasteiger partial charge on any atom is -0.493 e. The molecule has 0 bridgehead atoms. The van der Waals surface area contributed by atoms with Gasteiger partial charge in [0.1, 0.15) is 11.9 Å². The number of carbonyl (C=O) groups is 1. The van der Waals surface area contributed by atoms with Crippen LogP contribution in [0, 0.1) is 0 Å². The lowest BCUT2D eigenvalue weighted by Crippen LogP contribution is -2.22. The lowest BCUT2D eigenvalue weighted by atomic mass is 9.96. The van der Waals surface area contributed by atoms with Crippen molar-refractivity contribution in [2.75, 3.05) is 6.61 Å². The molecule has 0 radical (unpaired) electrons. The lowest BCUT2D eigenvalue weighted by Gasteiger charge is -2.25. The van der Waals surface area contributed by atoms with Crippen molar-refractivity contribution in [1.29, 1.82) is 0 Å². The molecule has 1 amide bonds. The SMILES string of the molecule is CC(C)c1ccc(-c2ccc3c(c2)OCCC3OC(N)=O)cc1. The molecule has 1 unspecified atom stereocenters.